The summed E-state index contributed by atoms with van der Waals surface area (Å²) < 4.78 is 0. The third-order valence-corrected chi connectivity index (χ3v) is 1.74. The van der Waals surface area contributed by atoms with Gasteiger partial charge in [0.25, 0.3) is 5.95 Å². The molecule has 0 spiro atoms. The van der Waals surface area contributed by atoms with Gasteiger partial charge in [-0.3, -0.25) is 5.21 Å². The molecule has 2 rings (SSSR count). The van der Waals surface area contributed by atoms with Gasteiger partial charge in [-0.1, -0.05) is 18.2 Å². The summed E-state index contributed by atoms with van der Waals surface area (Å²) in [6.45, 7) is 0. The van der Waals surface area contributed by atoms with Crippen molar-refractivity contribution in [2.45, 2.75) is 0 Å². The van der Waals surface area contributed by atoms with E-state index >= 15 is 0 Å². The summed E-state index contributed by atoms with van der Waals surface area (Å²) >= 11 is 0. The van der Waals surface area contributed by atoms with Crippen LogP contribution in [0.2, 0.25) is 0 Å². The predicted molar refractivity (Wildman–Crippen MR) is 52.4 cm³/mol. The summed E-state index contributed by atoms with van der Waals surface area (Å²) in [7, 11) is 0. The molecule has 0 aliphatic heterocycles. The molecule has 0 atom stereocenters. The zero-order valence-electron chi connectivity index (χ0n) is 7.41. The molecule has 4 heteroatoms. The number of hydrogen-bond donors (Lipinski definition) is 1. The molecule has 0 bridgehead atoms. The highest BCUT2D eigenvalue weighted by atomic mass is 16.5. The number of rotatable bonds is 2. The van der Waals surface area contributed by atoms with Crippen molar-refractivity contribution >= 4 is 11.6 Å². The molecule has 4 nitrogen and oxygen atoms in total. The van der Waals surface area contributed by atoms with Crippen molar-refractivity contribution < 1.29 is 5.21 Å². The molecule has 1 aromatic heterocycles. The van der Waals surface area contributed by atoms with E-state index < -0.39 is 0 Å². The van der Waals surface area contributed by atoms with Crippen LogP contribution in [-0.2, 0) is 0 Å². The first-order valence-corrected chi connectivity index (χ1v) is 4.19. The zero-order chi connectivity index (χ0) is 9.80. The van der Waals surface area contributed by atoms with Crippen molar-refractivity contribution in [3.05, 3.63) is 48.8 Å². The number of para-hydroxylation sites is 1. The summed E-state index contributed by atoms with van der Waals surface area (Å²) in [6, 6.07) is 10.8. The number of hydrogen-bond acceptors (Lipinski definition) is 4. The molecule has 0 radical (unpaired) electrons. The lowest BCUT2D eigenvalue weighted by molar-refractivity contribution is 0.294. The highest BCUT2D eigenvalue weighted by Gasteiger charge is 2.06. The third kappa shape index (κ3) is 1.70. The Morgan fingerprint density at radius 3 is 2.21 bits per heavy atom. The average molecular weight is 187 g/mol. The van der Waals surface area contributed by atoms with Crippen molar-refractivity contribution in [2.24, 2.45) is 0 Å². The molecular weight excluding hydrogens is 178 g/mol. The highest BCUT2D eigenvalue weighted by molar-refractivity contribution is 5.52. The summed E-state index contributed by atoms with van der Waals surface area (Å²) in [5.41, 5.74) is 0.638. The van der Waals surface area contributed by atoms with Gasteiger partial charge in [0.15, 0.2) is 0 Å². The molecule has 2 aromatic rings. The second kappa shape index (κ2) is 3.85. The van der Waals surface area contributed by atoms with E-state index in [1.165, 1.54) is 0 Å². The van der Waals surface area contributed by atoms with Gasteiger partial charge >= 0.3 is 0 Å². The molecule has 0 amide bonds. The van der Waals surface area contributed by atoms with Crippen molar-refractivity contribution in [1.82, 2.24) is 9.97 Å². The third-order valence-electron chi connectivity index (χ3n) is 1.74. The van der Waals surface area contributed by atoms with Crippen LogP contribution in [0.5, 0.6) is 0 Å². The Labute approximate surface area is 81.4 Å². The van der Waals surface area contributed by atoms with E-state index in [1.807, 2.05) is 18.2 Å². The molecule has 1 heterocycles. The fraction of sp³-hybridized carbons (Fsp3) is 0. The molecule has 0 aliphatic carbocycles. The van der Waals surface area contributed by atoms with Crippen LogP contribution in [0.3, 0.4) is 0 Å². The van der Waals surface area contributed by atoms with Gasteiger partial charge < -0.3 is 0 Å². The lowest BCUT2D eigenvalue weighted by atomic mass is 10.3. The topological polar surface area (TPSA) is 49.2 Å². The maximum absolute atomic E-state index is 9.70. The molecule has 14 heavy (non-hydrogen) atoms. The average Bonchev–Trinajstić information content (AvgIpc) is 2.30. The van der Waals surface area contributed by atoms with E-state index in [9.17, 15) is 5.21 Å². The standard InChI is InChI=1S/C10H9N3O/c14-13(9-5-2-1-3-6-9)10-11-7-4-8-12-10/h1-8,14H. The van der Waals surface area contributed by atoms with Crippen molar-refractivity contribution in [3.8, 4) is 0 Å². The van der Waals surface area contributed by atoms with Crippen LogP contribution < -0.4 is 5.06 Å². The summed E-state index contributed by atoms with van der Waals surface area (Å²) in [5, 5.41) is 10.6. The van der Waals surface area contributed by atoms with Gasteiger partial charge in [-0.25, -0.2) is 9.97 Å². The molecule has 0 unspecified atom stereocenters. The Morgan fingerprint density at radius 1 is 0.929 bits per heavy atom. The first kappa shape index (κ1) is 8.65. The Morgan fingerprint density at radius 2 is 1.57 bits per heavy atom. The van der Waals surface area contributed by atoms with E-state index in [1.54, 1.807) is 30.6 Å². The molecule has 0 saturated carbocycles. The van der Waals surface area contributed by atoms with Gasteiger partial charge in [-0.05, 0) is 18.2 Å². The smallest absolute Gasteiger partial charge is 0.254 e. The molecule has 0 aliphatic rings. The summed E-state index contributed by atoms with van der Waals surface area (Å²) in [4.78, 5) is 7.84. The predicted octanol–water partition coefficient (Wildman–Crippen LogP) is 2.00. The minimum atomic E-state index is 0.263. The van der Waals surface area contributed by atoms with Crippen LogP contribution in [0, 0.1) is 0 Å². The number of benzene rings is 1. The maximum Gasteiger partial charge on any atom is 0.254 e. The molecule has 1 aromatic carbocycles. The summed E-state index contributed by atoms with van der Waals surface area (Å²) in [5.74, 6) is 0.263. The fourth-order valence-electron chi connectivity index (χ4n) is 1.09. The number of anilines is 2. The van der Waals surface area contributed by atoms with Crippen LogP contribution in [0.15, 0.2) is 48.8 Å². The van der Waals surface area contributed by atoms with E-state index in [-0.39, 0.29) is 5.95 Å². The van der Waals surface area contributed by atoms with Gasteiger partial charge in [0.05, 0.1) is 5.69 Å². The van der Waals surface area contributed by atoms with Crippen molar-refractivity contribution in [2.75, 3.05) is 5.06 Å². The van der Waals surface area contributed by atoms with E-state index in [2.05, 4.69) is 9.97 Å². The van der Waals surface area contributed by atoms with Crippen molar-refractivity contribution in [3.63, 3.8) is 0 Å². The first-order valence-electron chi connectivity index (χ1n) is 4.19. The fourth-order valence-corrected chi connectivity index (χ4v) is 1.09. The lowest BCUT2D eigenvalue weighted by Crippen LogP contribution is -2.13. The second-order valence-electron chi connectivity index (χ2n) is 2.70. The van der Waals surface area contributed by atoms with Crippen LogP contribution >= 0.6 is 0 Å². The van der Waals surface area contributed by atoms with Gasteiger partial charge in [-0.15, -0.1) is 0 Å². The maximum atomic E-state index is 9.70. The minimum absolute atomic E-state index is 0.263. The number of nitrogens with zero attached hydrogens (tertiary/aromatic N) is 3. The van der Waals surface area contributed by atoms with Gasteiger partial charge in [0.1, 0.15) is 0 Å². The molecule has 0 fully saturated rings. The Balaban J connectivity index is 2.30. The van der Waals surface area contributed by atoms with Gasteiger partial charge in [-0.2, -0.15) is 5.06 Å². The Hall–Kier alpha value is -1.94. The van der Waals surface area contributed by atoms with Crippen LogP contribution in [-0.4, -0.2) is 15.2 Å². The van der Waals surface area contributed by atoms with Crippen molar-refractivity contribution in [1.29, 1.82) is 0 Å². The normalized spacial score (nSPS) is 9.79. The molecular formula is C10H9N3O. The first-order chi connectivity index (χ1) is 6.88. The van der Waals surface area contributed by atoms with Gasteiger partial charge in [0, 0.05) is 12.4 Å². The summed E-state index contributed by atoms with van der Waals surface area (Å²) in [6.07, 6.45) is 3.16. The number of aromatic nitrogens is 2. The van der Waals surface area contributed by atoms with E-state index in [0.29, 0.717) is 5.69 Å². The van der Waals surface area contributed by atoms with Crippen LogP contribution in [0.4, 0.5) is 11.6 Å². The Bertz CT molecular complexity index is 351. The minimum Gasteiger partial charge on any atom is -0.281 e. The SMILES string of the molecule is ON(c1ccccc1)c1ncccn1. The molecule has 0 saturated heterocycles. The lowest BCUT2D eigenvalue weighted by Gasteiger charge is -2.13. The quantitative estimate of drug-likeness (QED) is 0.730. The van der Waals surface area contributed by atoms with Crippen LogP contribution in [0.25, 0.3) is 0 Å². The van der Waals surface area contributed by atoms with Gasteiger partial charge in [0.2, 0.25) is 0 Å². The molecule has 1 N–H and O–H groups in total. The Kier molecular flexibility index (Phi) is 2.38. The zero-order valence-corrected chi connectivity index (χ0v) is 7.41. The van der Waals surface area contributed by atoms with E-state index in [4.69, 9.17) is 0 Å². The largest absolute Gasteiger partial charge is 0.281 e. The molecule has 70 valence electrons. The monoisotopic (exact) mass is 187 g/mol. The van der Waals surface area contributed by atoms with E-state index in [0.717, 1.165) is 5.06 Å². The highest BCUT2D eigenvalue weighted by Crippen LogP contribution is 2.17. The van der Waals surface area contributed by atoms with Crippen LogP contribution in [0.1, 0.15) is 0 Å². The second-order valence-corrected chi connectivity index (χ2v) is 2.70.